The maximum absolute atomic E-state index is 12.9. The molecular formula is C18H25NO4. The summed E-state index contributed by atoms with van der Waals surface area (Å²) in [7, 11) is 0. The summed E-state index contributed by atoms with van der Waals surface area (Å²) in [6.07, 6.45) is 1.21. The third-order valence-corrected chi connectivity index (χ3v) is 4.68. The predicted octanol–water partition coefficient (Wildman–Crippen LogP) is 2.99. The van der Waals surface area contributed by atoms with Crippen molar-refractivity contribution in [1.82, 2.24) is 4.90 Å². The van der Waals surface area contributed by atoms with E-state index in [1.54, 1.807) is 4.90 Å². The fourth-order valence-corrected chi connectivity index (χ4v) is 3.77. The summed E-state index contributed by atoms with van der Waals surface area (Å²) in [6.45, 7) is 10.9. The molecular weight excluding hydrogens is 294 g/mol. The van der Waals surface area contributed by atoms with Gasteiger partial charge in [-0.3, -0.25) is 9.59 Å². The Morgan fingerprint density at radius 3 is 2.39 bits per heavy atom. The van der Waals surface area contributed by atoms with Gasteiger partial charge in [-0.15, -0.1) is 0 Å². The summed E-state index contributed by atoms with van der Waals surface area (Å²) in [4.78, 5) is 27.1. The summed E-state index contributed by atoms with van der Waals surface area (Å²) in [5.41, 5.74) is 1.20. The molecule has 0 radical (unpaired) electrons. The average Bonchev–Trinajstić information content (AvgIpc) is 2.72. The molecule has 1 aromatic heterocycles. The maximum Gasteiger partial charge on any atom is 0.290 e. The molecule has 5 nitrogen and oxygen atoms in total. The van der Waals surface area contributed by atoms with Crippen molar-refractivity contribution < 1.29 is 18.7 Å². The van der Waals surface area contributed by atoms with Crippen molar-refractivity contribution in [2.45, 2.75) is 59.7 Å². The van der Waals surface area contributed by atoms with Crippen LogP contribution in [0.3, 0.4) is 0 Å². The highest BCUT2D eigenvalue weighted by atomic mass is 16.5. The van der Waals surface area contributed by atoms with Gasteiger partial charge in [0.25, 0.3) is 5.91 Å². The van der Waals surface area contributed by atoms with E-state index in [0.717, 1.165) is 0 Å². The van der Waals surface area contributed by atoms with Crippen LogP contribution in [0.15, 0.2) is 4.42 Å². The molecule has 0 saturated carbocycles. The van der Waals surface area contributed by atoms with Crippen LogP contribution >= 0.6 is 0 Å². The molecule has 23 heavy (non-hydrogen) atoms. The van der Waals surface area contributed by atoms with E-state index < -0.39 is 0 Å². The Kier molecular flexibility index (Phi) is 3.87. The quantitative estimate of drug-likeness (QED) is 0.798. The number of morpholine rings is 1. The predicted molar refractivity (Wildman–Crippen MR) is 85.8 cm³/mol. The lowest BCUT2D eigenvalue weighted by molar-refractivity contribution is -0.0592. The van der Waals surface area contributed by atoms with Gasteiger partial charge in [-0.25, -0.2) is 0 Å². The Morgan fingerprint density at radius 2 is 1.78 bits per heavy atom. The van der Waals surface area contributed by atoms with E-state index in [4.69, 9.17) is 9.15 Å². The highest BCUT2D eigenvalue weighted by molar-refractivity contribution is 6.03. The Hall–Kier alpha value is -1.62. The van der Waals surface area contributed by atoms with Gasteiger partial charge in [-0.05, 0) is 26.2 Å². The second kappa shape index (κ2) is 5.48. The van der Waals surface area contributed by atoms with Gasteiger partial charge >= 0.3 is 0 Å². The molecule has 3 rings (SSSR count). The van der Waals surface area contributed by atoms with Crippen LogP contribution in [-0.4, -0.2) is 41.9 Å². The Labute approximate surface area is 137 Å². The molecule has 126 valence electrons. The Morgan fingerprint density at radius 1 is 1.17 bits per heavy atom. The van der Waals surface area contributed by atoms with Gasteiger partial charge in [-0.2, -0.15) is 0 Å². The molecule has 1 amide bonds. The summed E-state index contributed by atoms with van der Waals surface area (Å²) in [6, 6.07) is 0. The van der Waals surface area contributed by atoms with Crippen LogP contribution in [0.1, 0.15) is 66.4 Å². The summed E-state index contributed by atoms with van der Waals surface area (Å²) in [5.74, 6) is 0.938. The van der Waals surface area contributed by atoms with Gasteiger partial charge in [0.1, 0.15) is 5.76 Å². The molecule has 5 heteroatoms. The van der Waals surface area contributed by atoms with Crippen LogP contribution < -0.4 is 0 Å². The van der Waals surface area contributed by atoms with Crippen molar-refractivity contribution in [3.63, 3.8) is 0 Å². The number of rotatable bonds is 1. The lowest BCUT2D eigenvalue weighted by Crippen LogP contribution is -2.48. The van der Waals surface area contributed by atoms with E-state index in [1.165, 1.54) is 0 Å². The topological polar surface area (TPSA) is 59.8 Å². The standard InChI is InChI=1S/C18H25NO4/c1-10-8-19(9-11(2)22-10)17(21)16-12(3)15-13(20)6-18(4,5)7-14(15)23-16/h10-11H,6-9H2,1-5H3/t10-,11-/m1/s1. The number of nitrogens with zero attached hydrogens (tertiary/aromatic N) is 1. The molecule has 0 spiro atoms. The average molecular weight is 319 g/mol. The minimum Gasteiger partial charge on any atom is -0.455 e. The van der Waals surface area contributed by atoms with Crippen LogP contribution in [-0.2, 0) is 11.2 Å². The molecule has 1 aliphatic heterocycles. The number of amides is 1. The largest absolute Gasteiger partial charge is 0.455 e. The zero-order chi connectivity index (χ0) is 16.9. The molecule has 1 fully saturated rings. The number of carbonyl (C=O) groups is 2. The second-order valence-corrected chi connectivity index (χ2v) is 7.76. The van der Waals surface area contributed by atoms with Gasteiger partial charge in [0.2, 0.25) is 0 Å². The Balaban J connectivity index is 1.93. The van der Waals surface area contributed by atoms with E-state index in [-0.39, 0.29) is 29.3 Å². The van der Waals surface area contributed by atoms with Crippen molar-refractivity contribution in [1.29, 1.82) is 0 Å². The van der Waals surface area contributed by atoms with E-state index in [9.17, 15) is 9.59 Å². The number of carbonyl (C=O) groups excluding carboxylic acids is 2. The fraction of sp³-hybridized carbons (Fsp3) is 0.667. The molecule has 1 aliphatic carbocycles. The monoisotopic (exact) mass is 319 g/mol. The van der Waals surface area contributed by atoms with Crippen molar-refractivity contribution in [2.75, 3.05) is 13.1 Å². The second-order valence-electron chi connectivity index (χ2n) is 7.76. The van der Waals surface area contributed by atoms with Gasteiger partial charge in [0, 0.05) is 31.5 Å². The van der Waals surface area contributed by atoms with Gasteiger partial charge < -0.3 is 14.1 Å². The molecule has 0 unspecified atom stereocenters. The third-order valence-electron chi connectivity index (χ3n) is 4.68. The first-order valence-corrected chi connectivity index (χ1v) is 8.28. The van der Waals surface area contributed by atoms with Crippen LogP contribution in [0.25, 0.3) is 0 Å². The summed E-state index contributed by atoms with van der Waals surface area (Å²) in [5, 5.41) is 0. The SMILES string of the molecule is Cc1c(C(=O)N2C[C@@H](C)O[C@H](C)C2)oc2c1C(=O)CC(C)(C)C2. The van der Waals surface area contributed by atoms with Crippen molar-refractivity contribution >= 4 is 11.7 Å². The van der Waals surface area contributed by atoms with Crippen LogP contribution in [0.5, 0.6) is 0 Å². The maximum atomic E-state index is 12.9. The number of ether oxygens (including phenoxy) is 1. The van der Waals surface area contributed by atoms with E-state index in [1.807, 2.05) is 20.8 Å². The normalized spacial score (nSPS) is 27.0. The minimum absolute atomic E-state index is 0.00755. The summed E-state index contributed by atoms with van der Waals surface area (Å²) < 4.78 is 11.6. The number of hydrogen-bond acceptors (Lipinski definition) is 4. The number of ketones is 1. The van der Waals surface area contributed by atoms with Gasteiger partial charge in [0.15, 0.2) is 11.5 Å². The smallest absolute Gasteiger partial charge is 0.290 e. The first-order valence-electron chi connectivity index (χ1n) is 8.28. The number of Topliss-reactive ketones (excluding diaryl/α,β-unsaturated/α-hetero) is 1. The number of fused-ring (bicyclic) bond motifs is 1. The lowest BCUT2D eigenvalue weighted by atomic mass is 9.76. The molecule has 0 bridgehead atoms. The molecule has 2 aliphatic rings. The van der Waals surface area contributed by atoms with E-state index in [2.05, 4.69) is 13.8 Å². The molecule has 0 N–H and O–H groups in total. The van der Waals surface area contributed by atoms with Crippen LogP contribution in [0, 0.1) is 12.3 Å². The first-order chi connectivity index (χ1) is 10.7. The van der Waals surface area contributed by atoms with Crippen LogP contribution in [0.4, 0.5) is 0 Å². The fourth-order valence-electron chi connectivity index (χ4n) is 3.77. The molecule has 1 aromatic rings. The molecule has 1 saturated heterocycles. The Bertz CT molecular complexity index is 648. The zero-order valence-corrected chi connectivity index (χ0v) is 14.6. The third kappa shape index (κ3) is 2.94. The number of hydrogen-bond donors (Lipinski definition) is 0. The highest BCUT2D eigenvalue weighted by Gasteiger charge is 2.38. The van der Waals surface area contributed by atoms with Gasteiger partial charge in [0.05, 0.1) is 17.8 Å². The van der Waals surface area contributed by atoms with Crippen molar-refractivity contribution in [2.24, 2.45) is 5.41 Å². The molecule has 2 heterocycles. The van der Waals surface area contributed by atoms with Crippen LogP contribution in [0.2, 0.25) is 0 Å². The zero-order valence-electron chi connectivity index (χ0n) is 14.6. The van der Waals surface area contributed by atoms with E-state index >= 15 is 0 Å². The molecule has 2 atom stereocenters. The van der Waals surface area contributed by atoms with Crippen molar-refractivity contribution in [3.05, 3.63) is 22.6 Å². The minimum atomic E-state index is -0.135. The van der Waals surface area contributed by atoms with E-state index in [0.29, 0.717) is 48.6 Å². The van der Waals surface area contributed by atoms with Crippen molar-refractivity contribution in [3.8, 4) is 0 Å². The van der Waals surface area contributed by atoms with Gasteiger partial charge in [-0.1, -0.05) is 13.8 Å². The summed E-state index contributed by atoms with van der Waals surface area (Å²) >= 11 is 0. The first kappa shape index (κ1) is 16.2. The number of furan rings is 1. The highest BCUT2D eigenvalue weighted by Crippen LogP contribution is 2.38. The lowest BCUT2D eigenvalue weighted by Gasteiger charge is -2.34. The molecule has 0 aromatic carbocycles.